The first-order chi connectivity index (χ1) is 13.6. The Kier molecular flexibility index (Phi) is 4.78. The first kappa shape index (κ1) is 18.1. The molecule has 0 unspecified atom stereocenters. The molecule has 4 heterocycles. The van der Waals surface area contributed by atoms with Crippen LogP contribution in [0.1, 0.15) is 24.4 Å². The summed E-state index contributed by atoms with van der Waals surface area (Å²) in [5.74, 6) is 0.928. The number of nitrogens with one attached hydrogen (secondary N) is 1. The summed E-state index contributed by atoms with van der Waals surface area (Å²) >= 11 is 0. The van der Waals surface area contributed by atoms with Crippen LogP contribution < -0.4 is 16.7 Å². The molecule has 0 spiro atoms. The molecule has 0 aromatic carbocycles. The third kappa shape index (κ3) is 3.22. The second-order valence-electron chi connectivity index (χ2n) is 6.72. The van der Waals surface area contributed by atoms with Gasteiger partial charge in [-0.1, -0.05) is 0 Å². The number of ether oxygens (including phenoxy) is 1. The third-order valence-corrected chi connectivity index (χ3v) is 4.94. The topological polar surface area (TPSA) is 125 Å². The Morgan fingerprint density at radius 1 is 1.32 bits per heavy atom. The van der Waals surface area contributed by atoms with E-state index in [1.807, 2.05) is 13.0 Å². The van der Waals surface area contributed by atoms with Gasteiger partial charge >= 0.3 is 5.69 Å². The van der Waals surface area contributed by atoms with E-state index in [1.165, 1.54) is 6.34 Å². The molecule has 1 aliphatic rings. The van der Waals surface area contributed by atoms with Crippen LogP contribution >= 0.6 is 0 Å². The Labute approximate surface area is 161 Å². The molecular weight excluding hydrogens is 360 g/mol. The van der Waals surface area contributed by atoms with E-state index in [9.17, 15) is 4.79 Å². The highest BCUT2D eigenvalue weighted by molar-refractivity contribution is 5.73. The highest BCUT2D eigenvalue weighted by atomic mass is 16.5. The number of hydrogen-bond donors (Lipinski definition) is 2. The van der Waals surface area contributed by atoms with E-state index in [0.29, 0.717) is 36.1 Å². The van der Waals surface area contributed by atoms with E-state index in [2.05, 4.69) is 25.3 Å². The number of aromatic nitrogens is 5. The van der Waals surface area contributed by atoms with Crippen molar-refractivity contribution in [3.05, 3.63) is 34.5 Å². The van der Waals surface area contributed by atoms with Gasteiger partial charge in [0.2, 0.25) is 5.95 Å². The minimum Gasteiger partial charge on any atom is -0.390 e. The van der Waals surface area contributed by atoms with Crippen molar-refractivity contribution in [3.63, 3.8) is 0 Å². The summed E-state index contributed by atoms with van der Waals surface area (Å²) in [7, 11) is 1.74. The lowest BCUT2D eigenvalue weighted by atomic mass is 10.1. The van der Waals surface area contributed by atoms with Gasteiger partial charge in [0.1, 0.15) is 5.52 Å². The molecule has 3 aromatic rings. The summed E-state index contributed by atoms with van der Waals surface area (Å²) in [4.78, 5) is 30.0. The quantitative estimate of drug-likeness (QED) is 0.518. The Morgan fingerprint density at radius 2 is 2.11 bits per heavy atom. The van der Waals surface area contributed by atoms with Crippen LogP contribution in [-0.4, -0.2) is 43.6 Å². The van der Waals surface area contributed by atoms with E-state index in [4.69, 9.17) is 10.5 Å². The number of aliphatic imine (C=N–C) groups is 1. The predicted octanol–water partition coefficient (Wildman–Crippen LogP) is 1.55. The van der Waals surface area contributed by atoms with Crippen molar-refractivity contribution in [2.45, 2.75) is 25.8 Å². The Bertz CT molecular complexity index is 1090. The number of anilines is 2. The molecule has 1 aliphatic heterocycles. The molecular formula is C18H22N8O2. The highest BCUT2D eigenvalue weighted by Gasteiger charge is 2.23. The summed E-state index contributed by atoms with van der Waals surface area (Å²) in [6, 6.07) is 1.88. The van der Waals surface area contributed by atoms with Gasteiger partial charge in [-0.2, -0.15) is 4.98 Å². The number of hydrogen-bond acceptors (Lipinski definition) is 7. The molecule has 10 nitrogen and oxygen atoms in total. The van der Waals surface area contributed by atoms with E-state index < -0.39 is 0 Å². The second-order valence-corrected chi connectivity index (χ2v) is 6.72. The molecule has 28 heavy (non-hydrogen) atoms. The molecule has 146 valence electrons. The van der Waals surface area contributed by atoms with Crippen molar-refractivity contribution in [1.29, 1.82) is 0 Å². The van der Waals surface area contributed by atoms with Crippen molar-refractivity contribution < 1.29 is 4.74 Å². The number of nitrogens with zero attached hydrogens (tertiary/aromatic N) is 6. The van der Waals surface area contributed by atoms with Crippen LogP contribution in [0.5, 0.6) is 0 Å². The number of rotatable bonds is 4. The lowest BCUT2D eigenvalue weighted by Gasteiger charge is -2.22. The predicted molar refractivity (Wildman–Crippen MR) is 106 cm³/mol. The van der Waals surface area contributed by atoms with Crippen LogP contribution in [0.2, 0.25) is 0 Å². The number of pyridine rings is 1. The molecule has 3 N–H and O–H groups in total. The maximum atomic E-state index is 12.8. The monoisotopic (exact) mass is 382 g/mol. The van der Waals surface area contributed by atoms with E-state index >= 15 is 0 Å². The van der Waals surface area contributed by atoms with Gasteiger partial charge < -0.3 is 15.8 Å². The van der Waals surface area contributed by atoms with Crippen LogP contribution in [0.3, 0.4) is 0 Å². The fourth-order valence-corrected chi connectivity index (χ4v) is 3.41. The highest BCUT2D eigenvalue weighted by Crippen LogP contribution is 2.25. The zero-order chi connectivity index (χ0) is 19.7. The minimum absolute atomic E-state index is 0.0736. The smallest absolute Gasteiger partial charge is 0.330 e. The van der Waals surface area contributed by atoms with Crippen LogP contribution in [0.15, 0.2) is 28.2 Å². The second kappa shape index (κ2) is 7.39. The van der Waals surface area contributed by atoms with Gasteiger partial charge in [0, 0.05) is 26.3 Å². The summed E-state index contributed by atoms with van der Waals surface area (Å²) in [6.07, 6.45) is 6.10. The van der Waals surface area contributed by atoms with Crippen molar-refractivity contribution in [3.8, 4) is 0 Å². The minimum atomic E-state index is -0.0878. The average Bonchev–Trinajstić information content (AvgIpc) is 2.95. The van der Waals surface area contributed by atoms with Gasteiger partial charge in [-0.15, -0.1) is 0 Å². The van der Waals surface area contributed by atoms with E-state index in [1.54, 1.807) is 28.6 Å². The Morgan fingerprint density at radius 3 is 2.82 bits per heavy atom. The van der Waals surface area contributed by atoms with E-state index in [0.717, 1.165) is 24.1 Å². The molecule has 0 aliphatic carbocycles. The number of fused-ring (bicyclic) bond motifs is 1. The van der Waals surface area contributed by atoms with Crippen LogP contribution in [-0.2, 0) is 11.8 Å². The summed E-state index contributed by atoms with van der Waals surface area (Å²) in [6.45, 7) is 3.22. The molecule has 0 radical (unpaired) electrons. The van der Waals surface area contributed by atoms with Gasteiger partial charge in [0.15, 0.2) is 11.5 Å². The van der Waals surface area contributed by atoms with Gasteiger partial charge in [-0.3, -0.25) is 9.13 Å². The maximum absolute atomic E-state index is 12.8. The Hall–Kier alpha value is -3.27. The molecule has 0 amide bonds. The SMILES string of the molecule is Cc1cc(N=CN)ncc1Nc1ncc2c(n1)n(C1CCOCC1)c(=O)n2C. The van der Waals surface area contributed by atoms with E-state index in [-0.39, 0.29) is 11.7 Å². The van der Waals surface area contributed by atoms with Crippen molar-refractivity contribution >= 4 is 35.0 Å². The lowest BCUT2D eigenvalue weighted by molar-refractivity contribution is 0.0695. The van der Waals surface area contributed by atoms with Gasteiger partial charge in [-0.25, -0.2) is 19.8 Å². The van der Waals surface area contributed by atoms with Gasteiger partial charge in [0.05, 0.1) is 24.4 Å². The number of imidazole rings is 1. The molecule has 10 heteroatoms. The molecule has 0 saturated carbocycles. The molecule has 0 bridgehead atoms. The average molecular weight is 382 g/mol. The van der Waals surface area contributed by atoms with Gasteiger partial charge in [0.25, 0.3) is 0 Å². The Balaban J connectivity index is 1.72. The molecule has 1 fully saturated rings. The molecule has 4 rings (SSSR count). The maximum Gasteiger partial charge on any atom is 0.330 e. The lowest BCUT2D eigenvalue weighted by Crippen LogP contribution is -2.30. The fraction of sp³-hybridized carbons (Fsp3) is 0.389. The molecule has 0 atom stereocenters. The van der Waals surface area contributed by atoms with Crippen LogP contribution in [0.25, 0.3) is 11.2 Å². The van der Waals surface area contributed by atoms with Crippen molar-refractivity contribution in [2.75, 3.05) is 18.5 Å². The summed E-state index contributed by atoms with van der Waals surface area (Å²) in [5.41, 5.74) is 8.22. The summed E-state index contributed by atoms with van der Waals surface area (Å²) < 4.78 is 8.77. The summed E-state index contributed by atoms with van der Waals surface area (Å²) in [5, 5.41) is 3.18. The van der Waals surface area contributed by atoms with Crippen molar-refractivity contribution in [2.24, 2.45) is 17.8 Å². The first-order valence-corrected chi connectivity index (χ1v) is 9.08. The fourth-order valence-electron chi connectivity index (χ4n) is 3.41. The van der Waals surface area contributed by atoms with Crippen LogP contribution in [0, 0.1) is 6.92 Å². The number of aryl methyl sites for hydroxylation is 2. The normalized spacial score (nSPS) is 15.5. The number of nitrogens with two attached hydrogens (primary N) is 1. The third-order valence-electron chi connectivity index (χ3n) is 4.94. The van der Waals surface area contributed by atoms with Crippen LogP contribution in [0.4, 0.5) is 17.5 Å². The first-order valence-electron chi connectivity index (χ1n) is 9.08. The largest absolute Gasteiger partial charge is 0.390 e. The standard InChI is InChI=1S/C18H22N8O2/c1-11-7-15(22-10-19)20-8-13(11)23-17-21-9-14-16(24-17)26(18(27)25(14)2)12-3-5-28-6-4-12/h7-10,12H,3-6H2,1-2H3,(H2,19,20,22)(H,21,23,24). The van der Waals surface area contributed by atoms with Crippen molar-refractivity contribution in [1.82, 2.24) is 24.1 Å². The van der Waals surface area contributed by atoms with Gasteiger partial charge in [-0.05, 0) is 31.4 Å². The molecule has 3 aromatic heterocycles. The zero-order valence-electron chi connectivity index (χ0n) is 15.8. The zero-order valence-corrected chi connectivity index (χ0v) is 15.8. The molecule has 1 saturated heterocycles.